The zero-order chi connectivity index (χ0) is 15.7. The van der Waals surface area contributed by atoms with Crippen LogP contribution >= 0.6 is 11.3 Å². The Morgan fingerprint density at radius 3 is 2.10 bits per heavy atom. The van der Waals surface area contributed by atoms with Gasteiger partial charge in [-0.15, -0.1) is 11.3 Å². The summed E-state index contributed by atoms with van der Waals surface area (Å²) in [5.41, 5.74) is 6.52. The minimum absolute atomic E-state index is 0.182. The van der Waals surface area contributed by atoms with Crippen LogP contribution in [0.25, 0.3) is 0 Å². The Hall–Kier alpha value is -1.19. The second-order valence-corrected chi connectivity index (χ2v) is 7.48. The smallest absolute Gasteiger partial charge is 0.115 e. The first-order valence-electron chi connectivity index (χ1n) is 7.57. The Labute approximate surface area is 132 Å². The van der Waals surface area contributed by atoms with Crippen molar-refractivity contribution < 1.29 is 0 Å². The summed E-state index contributed by atoms with van der Waals surface area (Å²) in [4.78, 5) is 6.10. The first-order chi connectivity index (χ1) is 9.79. The maximum atomic E-state index is 4.79. The molecule has 1 N–H and O–H groups in total. The molecule has 21 heavy (non-hydrogen) atoms. The Morgan fingerprint density at radius 2 is 1.57 bits per heavy atom. The minimum Gasteiger partial charge on any atom is -0.302 e. The summed E-state index contributed by atoms with van der Waals surface area (Å²) >= 11 is 1.80. The van der Waals surface area contributed by atoms with Crippen molar-refractivity contribution in [3.05, 3.63) is 50.0 Å². The van der Waals surface area contributed by atoms with Crippen LogP contribution in [0.5, 0.6) is 0 Å². The fourth-order valence-corrected chi connectivity index (χ4v) is 3.54. The van der Waals surface area contributed by atoms with Gasteiger partial charge >= 0.3 is 0 Å². The van der Waals surface area contributed by atoms with E-state index < -0.39 is 0 Å². The number of aromatic nitrogens is 1. The molecular formula is C18H26N2S. The van der Waals surface area contributed by atoms with E-state index in [0.717, 1.165) is 5.69 Å². The molecule has 0 fully saturated rings. The molecule has 0 aliphatic heterocycles. The van der Waals surface area contributed by atoms with E-state index in [4.69, 9.17) is 4.98 Å². The average molecular weight is 302 g/mol. The lowest BCUT2D eigenvalue weighted by Crippen LogP contribution is -2.29. The topological polar surface area (TPSA) is 24.9 Å². The monoisotopic (exact) mass is 302 g/mol. The normalized spacial score (nSPS) is 13.0. The maximum absolute atomic E-state index is 4.79. The van der Waals surface area contributed by atoms with Gasteiger partial charge in [0.2, 0.25) is 0 Å². The second kappa shape index (κ2) is 6.29. The zero-order valence-corrected chi connectivity index (χ0v) is 15.0. The van der Waals surface area contributed by atoms with Crippen molar-refractivity contribution in [2.45, 2.75) is 60.5 Å². The highest BCUT2D eigenvalue weighted by Gasteiger charge is 2.21. The summed E-state index contributed by atoms with van der Waals surface area (Å²) < 4.78 is 0. The van der Waals surface area contributed by atoms with Gasteiger partial charge in [-0.3, -0.25) is 0 Å². The first-order valence-corrected chi connectivity index (χ1v) is 8.39. The van der Waals surface area contributed by atoms with Crippen LogP contribution in [0.3, 0.4) is 0 Å². The Balaban J connectivity index is 2.52. The third kappa shape index (κ3) is 3.53. The van der Waals surface area contributed by atoms with Gasteiger partial charge in [-0.05, 0) is 70.7 Å². The Bertz CT molecular complexity index is 621. The molecule has 1 aromatic carbocycles. The molecule has 0 aliphatic carbocycles. The van der Waals surface area contributed by atoms with E-state index in [1.165, 1.54) is 32.1 Å². The zero-order valence-electron chi connectivity index (χ0n) is 14.2. The van der Waals surface area contributed by atoms with E-state index in [0.29, 0.717) is 6.04 Å². The Kier molecular flexibility index (Phi) is 4.84. The molecule has 0 radical (unpaired) electrons. The van der Waals surface area contributed by atoms with E-state index in [1.807, 2.05) is 0 Å². The third-order valence-corrected chi connectivity index (χ3v) is 5.12. The van der Waals surface area contributed by atoms with Crippen LogP contribution in [0.15, 0.2) is 12.1 Å². The van der Waals surface area contributed by atoms with Gasteiger partial charge in [-0.1, -0.05) is 12.1 Å². The van der Waals surface area contributed by atoms with Crippen molar-refractivity contribution in [1.29, 1.82) is 0 Å². The molecular weight excluding hydrogens is 276 g/mol. The van der Waals surface area contributed by atoms with Crippen LogP contribution in [0.1, 0.15) is 57.7 Å². The standard InChI is InChI=1S/C18H26N2S/c1-10(2)19-17(18-20-14(6)15(7)21-18)16-9-12(4)11(3)8-13(16)5/h8-10,17,19H,1-7H3. The van der Waals surface area contributed by atoms with Crippen LogP contribution < -0.4 is 5.32 Å². The summed E-state index contributed by atoms with van der Waals surface area (Å²) in [6.45, 7) is 15.2. The highest BCUT2D eigenvalue weighted by molar-refractivity contribution is 7.11. The largest absolute Gasteiger partial charge is 0.302 e. The molecule has 114 valence electrons. The highest BCUT2D eigenvalue weighted by atomic mass is 32.1. The predicted molar refractivity (Wildman–Crippen MR) is 92.4 cm³/mol. The Morgan fingerprint density at radius 1 is 0.952 bits per heavy atom. The number of thiazole rings is 1. The van der Waals surface area contributed by atoms with Gasteiger partial charge in [0.05, 0.1) is 11.7 Å². The van der Waals surface area contributed by atoms with Gasteiger partial charge in [0.25, 0.3) is 0 Å². The summed E-state index contributed by atoms with van der Waals surface area (Å²) in [5, 5.41) is 4.86. The molecule has 2 aromatic rings. The number of benzene rings is 1. The predicted octanol–water partition coefficient (Wildman–Crippen LogP) is 4.77. The van der Waals surface area contributed by atoms with Gasteiger partial charge in [0.1, 0.15) is 5.01 Å². The van der Waals surface area contributed by atoms with Crippen LogP contribution in [0, 0.1) is 34.6 Å². The second-order valence-electron chi connectivity index (χ2n) is 6.24. The van der Waals surface area contributed by atoms with Gasteiger partial charge in [-0.25, -0.2) is 4.98 Å². The molecule has 0 bridgehead atoms. The summed E-state index contributed by atoms with van der Waals surface area (Å²) in [7, 11) is 0. The van der Waals surface area contributed by atoms with Crippen LogP contribution in [-0.4, -0.2) is 11.0 Å². The van der Waals surface area contributed by atoms with Crippen molar-refractivity contribution in [2.75, 3.05) is 0 Å². The lowest BCUT2D eigenvalue weighted by Gasteiger charge is -2.22. The average Bonchev–Trinajstić information content (AvgIpc) is 2.71. The molecule has 3 heteroatoms. The molecule has 0 saturated heterocycles. The molecule has 2 nitrogen and oxygen atoms in total. The third-order valence-electron chi connectivity index (χ3n) is 3.99. The van der Waals surface area contributed by atoms with Crippen LogP contribution in [0.4, 0.5) is 0 Å². The summed E-state index contributed by atoms with van der Waals surface area (Å²) in [6, 6.07) is 5.20. The molecule has 0 spiro atoms. The maximum Gasteiger partial charge on any atom is 0.115 e. The number of nitrogens with zero attached hydrogens (tertiary/aromatic N) is 1. The van der Waals surface area contributed by atoms with Crippen molar-refractivity contribution in [2.24, 2.45) is 0 Å². The molecule has 1 unspecified atom stereocenters. The van der Waals surface area contributed by atoms with Crippen molar-refractivity contribution in [3.8, 4) is 0 Å². The fourth-order valence-electron chi connectivity index (χ4n) is 2.54. The van der Waals surface area contributed by atoms with E-state index in [2.05, 4.69) is 65.9 Å². The van der Waals surface area contributed by atoms with Gasteiger partial charge in [-0.2, -0.15) is 0 Å². The van der Waals surface area contributed by atoms with Gasteiger partial charge < -0.3 is 5.32 Å². The molecule has 1 atom stereocenters. The van der Waals surface area contributed by atoms with Gasteiger partial charge in [0, 0.05) is 10.9 Å². The molecule has 1 aromatic heterocycles. The molecule has 0 saturated carbocycles. The van der Waals surface area contributed by atoms with Crippen molar-refractivity contribution in [1.82, 2.24) is 10.3 Å². The lowest BCUT2D eigenvalue weighted by atomic mass is 9.95. The first kappa shape index (κ1) is 16.2. The van der Waals surface area contributed by atoms with E-state index in [-0.39, 0.29) is 6.04 Å². The molecule has 0 amide bonds. The van der Waals surface area contributed by atoms with E-state index in [1.54, 1.807) is 11.3 Å². The number of aryl methyl sites for hydroxylation is 5. The van der Waals surface area contributed by atoms with Crippen LogP contribution in [0.2, 0.25) is 0 Å². The van der Waals surface area contributed by atoms with Crippen molar-refractivity contribution >= 4 is 11.3 Å². The molecule has 2 rings (SSSR count). The number of rotatable bonds is 4. The molecule has 1 heterocycles. The van der Waals surface area contributed by atoms with E-state index in [9.17, 15) is 0 Å². The number of hydrogen-bond donors (Lipinski definition) is 1. The number of hydrogen-bond acceptors (Lipinski definition) is 3. The van der Waals surface area contributed by atoms with Gasteiger partial charge in [0.15, 0.2) is 0 Å². The lowest BCUT2D eigenvalue weighted by molar-refractivity contribution is 0.524. The van der Waals surface area contributed by atoms with Crippen molar-refractivity contribution in [3.63, 3.8) is 0 Å². The minimum atomic E-state index is 0.182. The SMILES string of the molecule is Cc1cc(C)c(C(NC(C)C)c2nc(C)c(C)s2)cc1C. The molecule has 0 aliphatic rings. The number of nitrogens with one attached hydrogen (secondary N) is 1. The highest BCUT2D eigenvalue weighted by Crippen LogP contribution is 2.31. The fraction of sp³-hybridized carbons (Fsp3) is 0.500. The van der Waals surface area contributed by atoms with E-state index >= 15 is 0 Å². The van der Waals surface area contributed by atoms with Crippen LogP contribution in [-0.2, 0) is 0 Å². The quantitative estimate of drug-likeness (QED) is 0.879. The summed E-state index contributed by atoms with van der Waals surface area (Å²) in [5.74, 6) is 0. The summed E-state index contributed by atoms with van der Waals surface area (Å²) in [6.07, 6.45) is 0.